The molecule has 34 heavy (non-hydrogen) atoms. The van der Waals surface area contributed by atoms with Crippen LogP contribution >= 0.6 is 0 Å². The third-order valence-electron chi connectivity index (χ3n) is 6.24. The maximum absolute atomic E-state index is 14.9. The van der Waals surface area contributed by atoms with Crippen molar-refractivity contribution in [2.75, 3.05) is 13.2 Å². The summed E-state index contributed by atoms with van der Waals surface area (Å²) in [7, 11) is 0. The molecule has 172 valence electrons. The van der Waals surface area contributed by atoms with E-state index >= 15 is 0 Å². The predicted molar refractivity (Wildman–Crippen MR) is 128 cm³/mol. The highest BCUT2D eigenvalue weighted by atomic mass is 19.2. The number of rotatable bonds is 7. The first-order valence-electron chi connectivity index (χ1n) is 11.2. The summed E-state index contributed by atoms with van der Waals surface area (Å²) >= 11 is 0. The largest absolute Gasteiger partial charge is 0.489 e. The molecule has 2 atom stereocenters. The minimum Gasteiger partial charge on any atom is -0.489 e. The maximum atomic E-state index is 14.9. The number of hydrogen-bond donors (Lipinski definition) is 0. The zero-order chi connectivity index (χ0) is 23.7. The molecule has 1 saturated heterocycles. The van der Waals surface area contributed by atoms with Gasteiger partial charge in [0.2, 0.25) is 0 Å². The first-order valence-corrected chi connectivity index (χ1v) is 11.2. The molecule has 5 heteroatoms. The molecular weight excluding hydrogens is 437 g/mol. The second kappa shape index (κ2) is 9.35. The summed E-state index contributed by atoms with van der Waals surface area (Å²) in [5, 5.41) is 0. The minimum atomic E-state index is -0.910. The van der Waals surface area contributed by atoms with Crippen LogP contribution < -0.4 is 4.74 Å². The highest BCUT2D eigenvalue weighted by Crippen LogP contribution is 2.34. The van der Waals surface area contributed by atoms with Crippen LogP contribution in [0.3, 0.4) is 0 Å². The Labute approximate surface area is 196 Å². The molecule has 2 aliphatic rings. The fourth-order valence-electron chi connectivity index (χ4n) is 4.11. The third-order valence-corrected chi connectivity index (χ3v) is 6.24. The summed E-state index contributed by atoms with van der Waals surface area (Å²) in [6, 6.07) is 16.9. The monoisotopic (exact) mass is 460 g/mol. The van der Waals surface area contributed by atoms with Gasteiger partial charge in [-0.05, 0) is 41.3 Å². The van der Waals surface area contributed by atoms with Crippen molar-refractivity contribution in [1.82, 2.24) is 0 Å². The number of ether oxygens (including phenoxy) is 2. The molecule has 1 aliphatic carbocycles. The maximum Gasteiger partial charge on any atom is 0.167 e. The van der Waals surface area contributed by atoms with Crippen LogP contribution in [0.1, 0.15) is 12.0 Å². The smallest absolute Gasteiger partial charge is 0.167 e. The Morgan fingerprint density at radius 2 is 1.47 bits per heavy atom. The second-order valence-corrected chi connectivity index (χ2v) is 8.44. The van der Waals surface area contributed by atoms with Crippen molar-refractivity contribution in [2.24, 2.45) is 5.92 Å². The molecule has 0 radical (unpaired) electrons. The summed E-state index contributed by atoms with van der Waals surface area (Å²) in [4.78, 5) is 0. The molecule has 2 nitrogen and oxygen atoms in total. The van der Waals surface area contributed by atoms with E-state index < -0.39 is 11.6 Å². The van der Waals surface area contributed by atoms with Gasteiger partial charge in [0.05, 0.1) is 12.7 Å². The lowest BCUT2D eigenvalue weighted by Gasteiger charge is -2.17. The van der Waals surface area contributed by atoms with Gasteiger partial charge in [0.15, 0.2) is 11.6 Å². The Hall–Kier alpha value is -3.57. The summed E-state index contributed by atoms with van der Waals surface area (Å²) in [5.41, 5.74) is 2.88. The standard InChI is InChI=1S/C29H23F3O2/c1-2-18-3-5-19(6-4-18)24-13-14-25(29(32)28(24)31)20-9-11-23(12-10-20)33-16-22-8-7-21(15-26(22)30)27-17-34-27/h2-6,8-15,21,27H,1,7,16-17H2. The molecule has 2 unspecified atom stereocenters. The lowest BCUT2D eigenvalue weighted by molar-refractivity contribution is 0.336. The zero-order valence-electron chi connectivity index (χ0n) is 18.4. The molecule has 1 aliphatic heterocycles. The van der Waals surface area contributed by atoms with Crippen molar-refractivity contribution in [1.29, 1.82) is 0 Å². The van der Waals surface area contributed by atoms with Gasteiger partial charge in [0.25, 0.3) is 0 Å². The van der Waals surface area contributed by atoms with Gasteiger partial charge in [-0.3, -0.25) is 0 Å². The first kappa shape index (κ1) is 22.2. The van der Waals surface area contributed by atoms with E-state index in [0.29, 0.717) is 29.1 Å². The normalized spacial score (nSPS) is 19.3. The Morgan fingerprint density at radius 3 is 2.00 bits per heavy atom. The number of hydrogen-bond acceptors (Lipinski definition) is 2. The lowest BCUT2D eigenvalue weighted by Crippen LogP contribution is -2.12. The highest BCUT2D eigenvalue weighted by molar-refractivity contribution is 5.72. The van der Waals surface area contributed by atoms with E-state index in [1.54, 1.807) is 72.8 Å². The summed E-state index contributed by atoms with van der Waals surface area (Å²) in [5.74, 6) is -1.47. The topological polar surface area (TPSA) is 21.8 Å². The molecule has 3 aromatic carbocycles. The van der Waals surface area contributed by atoms with Gasteiger partial charge in [-0.1, -0.05) is 67.3 Å². The molecule has 0 aromatic heterocycles. The molecule has 1 heterocycles. The van der Waals surface area contributed by atoms with Crippen LogP contribution in [0.25, 0.3) is 28.3 Å². The van der Waals surface area contributed by atoms with Crippen LogP contribution in [0, 0.1) is 17.6 Å². The van der Waals surface area contributed by atoms with Crippen LogP contribution in [-0.4, -0.2) is 19.3 Å². The number of benzene rings is 3. The molecule has 3 aromatic rings. The van der Waals surface area contributed by atoms with Gasteiger partial charge >= 0.3 is 0 Å². The first-order chi connectivity index (χ1) is 16.5. The van der Waals surface area contributed by atoms with Gasteiger partial charge in [-0.2, -0.15) is 0 Å². The Morgan fingerprint density at radius 1 is 0.882 bits per heavy atom. The number of allylic oxidation sites excluding steroid dienone is 1. The predicted octanol–water partition coefficient (Wildman–Crippen LogP) is 7.52. The van der Waals surface area contributed by atoms with Gasteiger partial charge < -0.3 is 9.47 Å². The fraction of sp³-hybridized carbons (Fsp3) is 0.172. The highest BCUT2D eigenvalue weighted by Gasteiger charge is 2.33. The number of epoxide rings is 1. The van der Waals surface area contributed by atoms with Gasteiger partial charge in [-0.25, -0.2) is 13.2 Å². The fourth-order valence-corrected chi connectivity index (χ4v) is 4.11. The van der Waals surface area contributed by atoms with Crippen molar-refractivity contribution in [3.63, 3.8) is 0 Å². The lowest BCUT2D eigenvalue weighted by atomic mass is 9.93. The molecule has 0 amide bonds. The van der Waals surface area contributed by atoms with E-state index in [4.69, 9.17) is 9.47 Å². The zero-order valence-corrected chi connectivity index (χ0v) is 18.4. The van der Waals surface area contributed by atoms with Gasteiger partial charge in [-0.15, -0.1) is 0 Å². The van der Waals surface area contributed by atoms with Gasteiger partial charge in [0, 0.05) is 22.6 Å². The van der Waals surface area contributed by atoms with Crippen molar-refractivity contribution in [3.8, 4) is 28.0 Å². The molecule has 5 rings (SSSR count). The van der Waals surface area contributed by atoms with Crippen molar-refractivity contribution in [3.05, 3.63) is 108 Å². The average molecular weight is 460 g/mol. The molecule has 0 spiro atoms. The second-order valence-electron chi connectivity index (χ2n) is 8.44. The third kappa shape index (κ3) is 4.57. The van der Waals surface area contributed by atoms with Crippen LogP contribution in [0.2, 0.25) is 0 Å². The van der Waals surface area contributed by atoms with Crippen LogP contribution in [0.5, 0.6) is 5.75 Å². The van der Waals surface area contributed by atoms with E-state index in [1.807, 2.05) is 6.08 Å². The molecule has 0 N–H and O–H groups in total. The van der Waals surface area contributed by atoms with Crippen LogP contribution in [-0.2, 0) is 4.74 Å². The summed E-state index contributed by atoms with van der Waals surface area (Å²) in [6.45, 7) is 4.49. The van der Waals surface area contributed by atoms with E-state index in [0.717, 1.165) is 12.0 Å². The van der Waals surface area contributed by atoms with Crippen LogP contribution in [0.15, 0.2) is 90.8 Å². The van der Waals surface area contributed by atoms with Crippen molar-refractivity contribution < 1.29 is 22.6 Å². The Bertz CT molecular complexity index is 1270. The van der Waals surface area contributed by atoms with E-state index in [1.165, 1.54) is 0 Å². The van der Waals surface area contributed by atoms with Crippen molar-refractivity contribution in [2.45, 2.75) is 12.5 Å². The van der Waals surface area contributed by atoms with Gasteiger partial charge in [0.1, 0.15) is 18.2 Å². The quantitative estimate of drug-likeness (QED) is 0.340. The van der Waals surface area contributed by atoms with E-state index in [2.05, 4.69) is 6.58 Å². The average Bonchev–Trinajstić information content (AvgIpc) is 3.71. The van der Waals surface area contributed by atoms with Crippen molar-refractivity contribution >= 4 is 6.08 Å². The molecule has 0 bridgehead atoms. The molecule has 0 saturated carbocycles. The van der Waals surface area contributed by atoms with Crippen LogP contribution in [0.4, 0.5) is 13.2 Å². The molecule has 1 fully saturated rings. The van der Waals surface area contributed by atoms with E-state index in [9.17, 15) is 13.2 Å². The summed E-state index contributed by atoms with van der Waals surface area (Å²) < 4.78 is 55.1. The number of halogens is 3. The Kier molecular flexibility index (Phi) is 6.12. The minimum absolute atomic E-state index is 0.0937. The van der Waals surface area contributed by atoms with E-state index in [-0.39, 0.29) is 35.6 Å². The summed E-state index contributed by atoms with van der Waals surface area (Å²) in [6.07, 6.45) is 6.01. The SMILES string of the molecule is C=Cc1ccc(-c2ccc(-c3ccc(OCC4=CCC(C5CO5)C=C4F)cc3)c(F)c2F)cc1. The Balaban J connectivity index is 1.28. The molecular formula is C29H23F3O2.